The summed E-state index contributed by atoms with van der Waals surface area (Å²) < 4.78 is 50.7. The summed E-state index contributed by atoms with van der Waals surface area (Å²) in [4.78, 5) is 38.7. The maximum absolute atomic E-state index is 13.1. The minimum atomic E-state index is -4.64. The number of nitrogens with zero attached hydrogens (tertiary/aromatic N) is 1. The number of nitrogens with one attached hydrogen (secondary N) is 1. The molecule has 0 unspecified atom stereocenters. The molecule has 0 spiro atoms. The van der Waals surface area contributed by atoms with E-state index in [1.807, 2.05) is 18.2 Å². The highest BCUT2D eigenvalue weighted by Gasteiger charge is 2.37. The van der Waals surface area contributed by atoms with Crippen molar-refractivity contribution in [3.05, 3.63) is 91.8 Å². The van der Waals surface area contributed by atoms with Crippen LogP contribution in [0, 0.1) is 0 Å². The van der Waals surface area contributed by atoms with Crippen molar-refractivity contribution in [2.75, 3.05) is 19.0 Å². The van der Waals surface area contributed by atoms with Gasteiger partial charge in [0.15, 0.2) is 0 Å². The van der Waals surface area contributed by atoms with Gasteiger partial charge in [-0.3, -0.25) is 19.3 Å². The number of hydrogen-bond donors (Lipinski definition) is 1. The molecule has 0 atom stereocenters. The number of alkyl halides is 3. The van der Waals surface area contributed by atoms with Gasteiger partial charge in [0, 0.05) is 10.6 Å². The van der Waals surface area contributed by atoms with E-state index in [-0.39, 0.29) is 22.9 Å². The summed E-state index contributed by atoms with van der Waals surface area (Å²) in [5.74, 6) is -1.06. The van der Waals surface area contributed by atoms with Crippen LogP contribution >= 0.6 is 39.3 Å². The normalized spacial score (nSPS) is 14.6. The third-order valence-corrected chi connectivity index (χ3v) is 7.47. The standard InChI is InChI=1S/C27H19BrClF3N2O5S/c1-38-22-9-7-17(27(30,31)32)12-20(22)33-24(35)13-34-25(36)23(40-26(34)37)11-15-6-8-21(18(28)10-15)39-14-16-4-2-3-5-19(16)29/h2-12H,13-14H2,1H3,(H,33,35)/b23-11-. The van der Waals surface area contributed by atoms with Crippen molar-refractivity contribution in [1.82, 2.24) is 4.90 Å². The van der Waals surface area contributed by atoms with E-state index >= 15 is 0 Å². The lowest BCUT2D eigenvalue weighted by Crippen LogP contribution is -2.36. The predicted molar refractivity (Wildman–Crippen MR) is 149 cm³/mol. The first-order chi connectivity index (χ1) is 19.0. The summed E-state index contributed by atoms with van der Waals surface area (Å²) in [7, 11) is 1.23. The average Bonchev–Trinajstić information content (AvgIpc) is 3.15. The third-order valence-electron chi connectivity index (χ3n) is 5.57. The number of ether oxygens (including phenoxy) is 2. The SMILES string of the molecule is COc1ccc(C(F)(F)F)cc1NC(=O)CN1C(=O)S/C(=C\c2ccc(OCc3ccccc3Cl)c(Br)c2)C1=O. The average molecular weight is 656 g/mol. The van der Waals surface area contributed by atoms with Crippen molar-refractivity contribution in [3.8, 4) is 11.5 Å². The summed E-state index contributed by atoms with van der Waals surface area (Å²) in [6.07, 6.45) is -3.15. The van der Waals surface area contributed by atoms with Crippen molar-refractivity contribution in [1.29, 1.82) is 0 Å². The van der Waals surface area contributed by atoms with Crippen LogP contribution in [0.15, 0.2) is 70.0 Å². The molecule has 0 saturated carbocycles. The van der Waals surface area contributed by atoms with E-state index in [0.29, 0.717) is 43.5 Å². The first-order valence-electron chi connectivity index (χ1n) is 11.4. The highest BCUT2D eigenvalue weighted by molar-refractivity contribution is 9.10. The summed E-state index contributed by atoms with van der Waals surface area (Å²) in [5, 5.41) is 2.16. The fourth-order valence-electron chi connectivity index (χ4n) is 3.60. The number of anilines is 1. The largest absolute Gasteiger partial charge is 0.495 e. The van der Waals surface area contributed by atoms with Crippen molar-refractivity contribution in [2.45, 2.75) is 12.8 Å². The Kier molecular flexibility index (Phi) is 9.12. The molecule has 0 radical (unpaired) electrons. The fraction of sp³-hybridized carbons (Fsp3) is 0.148. The van der Waals surface area contributed by atoms with Crippen LogP contribution in [0.1, 0.15) is 16.7 Å². The lowest BCUT2D eigenvalue weighted by molar-refractivity contribution is -0.137. The monoisotopic (exact) mass is 654 g/mol. The van der Waals surface area contributed by atoms with E-state index in [4.69, 9.17) is 21.1 Å². The predicted octanol–water partition coefficient (Wildman–Crippen LogP) is 7.38. The number of imide groups is 1. The number of amides is 3. The topological polar surface area (TPSA) is 84.9 Å². The molecule has 0 aromatic heterocycles. The number of hydrogen-bond acceptors (Lipinski definition) is 6. The summed E-state index contributed by atoms with van der Waals surface area (Å²) in [6, 6.07) is 14.9. The van der Waals surface area contributed by atoms with Crippen LogP contribution in [-0.2, 0) is 22.4 Å². The second kappa shape index (κ2) is 12.4. The molecule has 7 nitrogen and oxygen atoms in total. The number of methoxy groups -OCH3 is 1. The summed E-state index contributed by atoms with van der Waals surface area (Å²) in [5.41, 5.74) is 0.153. The molecule has 40 heavy (non-hydrogen) atoms. The van der Waals surface area contributed by atoms with E-state index in [1.54, 1.807) is 24.3 Å². The van der Waals surface area contributed by atoms with E-state index in [2.05, 4.69) is 21.2 Å². The van der Waals surface area contributed by atoms with Crippen LogP contribution in [-0.4, -0.2) is 35.6 Å². The van der Waals surface area contributed by atoms with Crippen LogP contribution in [0.3, 0.4) is 0 Å². The Hall–Kier alpha value is -3.48. The first kappa shape index (κ1) is 29.5. The molecule has 1 aliphatic rings. The zero-order chi connectivity index (χ0) is 29.0. The molecule has 3 amide bonds. The smallest absolute Gasteiger partial charge is 0.416 e. The number of thioether (sulfide) groups is 1. The minimum absolute atomic E-state index is 0.0137. The molecule has 3 aromatic carbocycles. The molecular formula is C27H19BrClF3N2O5S. The second-order valence-electron chi connectivity index (χ2n) is 8.30. The molecule has 3 aromatic rings. The van der Waals surface area contributed by atoms with Crippen LogP contribution in [0.25, 0.3) is 6.08 Å². The van der Waals surface area contributed by atoms with Gasteiger partial charge < -0.3 is 14.8 Å². The van der Waals surface area contributed by atoms with Gasteiger partial charge >= 0.3 is 6.18 Å². The molecule has 1 N–H and O–H groups in total. The Morgan fingerprint density at radius 3 is 2.50 bits per heavy atom. The minimum Gasteiger partial charge on any atom is -0.495 e. The van der Waals surface area contributed by atoms with Crippen molar-refractivity contribution in [3.63, 3.8) is 0 Å². The maximum Gasteiger partial charge on any atom is 0.416 e. The van der Waals surface area contributed by atoms with Gasteiger partial charge in [0.2, 0.25) is 5.91 Å². The molecule has 0 aliphatic carbocycles. The van der Waals surface area contributed by atoms with E-state index in [1.165, 1.54) is 13.2 Å². The Morgan fingerprint density at radius 1 is 1.10 bits per heavy atom. The number of carbonyl (C=O) groups is 3. The number of carbonyl (C=O) groups excluding carboxylic acids is 3. The van der Waals surface area contributed by atoms with E-state index in [0.717, 1.165) is 17.7 Å². The quantitative estimate of drug-likeness (QED) is 0.255. The van der Waals surface area contributed by atoms with Crippen LogP contribution in [0.5, 0.6) is 11.5 Å². The van der Waals surface area contributed by atoms with Gasteiger partial charge in [0.05, 0.1) is 27.7 Å². The van der Waals surface area contributed by atoms with E-state index < -0.39 is 35.3 Å². The van der Waals surface area contributed by atoms with Gasteiger partial charge in [-0.1, -0.05) is 35.9 Å². The summed E-state index contributed by atoms with van der Waals surface area (Å²) in [6.45, 7) is -0.454. The van der Waals surface area contributed by atoms with Gasteiger partial charge in [-0.25, -0.2) is 0 Å². The van der Waals surface area contributed by atoms with E-state index in [9.17, 15) is 27.6 Å². The number of rotatable bonds is 8. The number of halogens is 5. The summed E-state index contributed by atoms with van der Waals surface area (Å²) >= 11 is 10.2. The fourth-order valence-corrected chi connectivity index (χ4v) is 5.14. The molecule has 1 heterocycles. The van der Waals surface area contributed by atoms with Gasteiger partial charge in [-0.05, 0) is 75.7 Å². The third kappa shape index (κ3) is 6.98. The van der Waals surface area contributed by atoms with Crippen LogP contribution in [0.4, 0.5) is 23.7 Å². The second-order valence-corrected chi connectivity index (χ2v) is 10.6. The Morgan fingerprint density at radius 2 is 1.82 bits per heavy atom. The lowest BCUT2D eigenvalue weighted by atomic mass is 10.1. The van der Waals surface area contributed by atoms with Crippen LogP contribution in [0.2, 0.25) is 5.02 Å². The van der Waals surface area contributed by atoms with Gasteiger partial charge in [0.1, 0.15) is 24.7 Å². The zero-order valence-corrected chi connectivity index (χ0v) is 23.7. The first-order valence-corrected chi connectivity index (χ1v) is 13.4. The van der Waals surface area contributed by atoms with Gasteiger partial charge in [-0.15, -0.1) is 0 Å². The lowest BCUT2D eigenvalue weighted by Gasteiger charge is -2.16. The Bertz CT molecular complexity index is 1520. The van der Waals surface area contributed by atoms with Gasteiger partial charge in [0.25, 0.3) is 11.1 Å². The highest BCUT2D eigenvalue weighted by atomic mass is 79.9. The van der Waals surface area contributed by atoms with Crippen molar-refractivity contribution in [2.24, 2.45) is 0 Å². The number of benzene rings is 3. The molecule has 208 valence electrons. The molecule has 1 saturated heterocycles. The van der Waals surface area contributed by atoms with Crippen molar-refractivity contribution >= 4 is 68.1 Å². The Balaban J connectivity index is 1.43. The molecule has 1 fully saturated rings. The van der Waals surface area contributed by atoms with Crippen LogP contribution < -0.4 is 14.8 Å². The zero-order valence-electron chi connectivity index (χ0n) is 20.6. The van der Waals surface area contributed by atoms with Gasteiger partial charge in [-0.2, -0.15) is 13.2 Å². The maximum atomic E-state index is 13.1. The van der Waals surface area contributed by atoms with Crippen molar-refractivity contribution < 1.29 is 37.0 Å². The molecular weight excluding hydrogens is 637 g/mol. The molecule has 0 bridgehead atoms. The molecule has 13 heteroatoms. The Labute approximate surface area is 244 Å². The highest BCUT2D eigenvalue weighted by Crippen LogP contribution is 2.36. The molecule has 4 rings (SSSR count). The molecule has 1 aliphatic heterocycles.